The van der Waals surface area contributed by atoms with Crippen molar-refractivity contribution in [3.05, 3.63) is 59.9 Å². The molecule has 2 rings (SSSR count). The van der Waals surface area contributed by atoms with Crippen molar-refractivity contribution >= 4 is 12.1 Å². The van der Waals surface area contributed by atoms with Crippen molar-refractivity contribution in [3.63, 3.8) is 0 Å². The van der Waals surface area contributed by atoms with Crippen LogP contribution in [0.4, 0.5) is 0 Å². The number of amides is 1. The number of terminal acetylenes is 1. The molecule has 154 valence electrons. The zero-order valence-corrected chi connectivity index (χ0v) is 17.2. The van der Waals surface area contributed by atoms with Gasteiger partial charge >= 0.3 is 0 Å². The van der Waals surface area contributed by atoms with Crippen LogP contribution in [-0.2, 0) is 4.79 Å². The maximum absolute atomic E-state index is 12.2. The van der Waals surface area contributed by atoms with Gasteiger partial charge in [-0.1, -0.05) is 43.7 Å². The van der Waals surface area contributed by atoms with Crippen molar-refractivity contribution in [2.75, 3.05) is 39.3 Å². The first kappa shape index (κ1) is 22.4. The summed E-state index contributed by atoms with van der Waals surface area (Å²) in [4.78, 5) is 16.6. The van der Waals surface area contributed by atoms with E-state index in [1.54, 1.807) is 18.4 Å². The summed E-state index contributed by atoms with van der Waals surface area (Å²) in [6.07, 6.45) is 19.3. The van der Waals surface area contributed by atoms with Crippen LogP contribution in [0.2, 0.25) is 0 Å². The molecule has 0 aromatic carbocycles. The van der Waals surface area contributed by atoms with Gasteiger partial charge < -0.3 is 5.73 Å². The second-order valence-electron chi connectivity index (χ2n) is 7.32. The molecule has 0 radical (unpaired) electrons. The molecule has 1 unspecified atom stereocenters. The van der Waals surface area contributed by atoms with Crippen molar-refractivity contribution in [2.24, 2.45) is 16.8 Å². The number of nitrogens with two attached hydrogens (primary N) is 1. The Hall–Kier alpha value is -2.88. The maximum Gasteiger partial charge on any atom is 0.254 e. The lowest BCUT2D eigenvalue weighted by Gasteiger charge is -2.34. The summed E-state index contributed by atoms with van der Waals surface area (Å²) < 4.78 is 0. The Morgan fingerprint density at radius 3 is 2.69 bits per heavy atom. The summed E-state index contributed by atoms with van der Waals surface area (Å²) in [5.41, 5.74) is 11.3. The molecule has 1 saturated heterocycles. The van der Waals surface area contributed by atoms with Crippen molar-refractivity contribution in [3.8, 4) is 12.3 Å². The molecule has 0 saturated carbocycles. The van der Waals surface area contributed by atoms with Crippen LogP contribution in [0.5, 0.6) is 0 Å². The zero-order chi connectivity index (χ0) is 21.1. The fourth-order valence-corrected chi connectivity index (χ4v) is 3.27. The standard InChI is InChI=1S/C23H31N5O/c1-4-6-8-20(7-5-2)17-27-11-13-28(14-12-27)18-23(29)26-25-16-21-10-9-19(3)15-22(21)24/h1,5-8,10,15-16,19H,2,9,11-14,17-18,24H2,3H3,(H,26,29)/b8-6-,20-7+,25-16+. The third kappa shape index (κ3) is 7.94. The number of piperazine rings is 1. The molecule has 1 amide bonds. The van der Waals surface area contributed by atoms with Crippen LogP contribution in [0.3, 0.4) is 0 Å². The Morgan fingerprint density at radius 1 is 1.38 bits per heavy atom. The number of hydrogen-bond donors (Lipinski definition) is 2. The summed E-state index contributed by atoms with van der Waals surface area (Å²) in [5, 5.41) is 4.05. The largest absolute Gasteiger partial charge is 0.398 e. The molecule has 1 heterocycles. The van der Waals surface area contributed by atoms with E-state index >= 15 is 0 Å². The Balaban J connectivity index is 1.73. The van der Waals surface area contributed by atoms with Crippen LogP contribution in [-0.4, -0.2) is 61.2 Å². The first-order valence-corrected chi connectivity index (χ1v) is 9.90. The number of nitrogens with zero attached hydrogens (tertiary/aromatic N) is 3. The van der Waals surface area contributed by atoms with Crippen molar-refractivity contribution in [2.45, 2.75) is 13.3 Å². The molecule has 1 atom stereocenters. The van der Waals surface area contributed by atoms with E-state index in [1.165, 1.54) is 0 Å². The quantitative estimate of drug-likeness (QED) is 0.286. The number of carbonyl (C=O) groups is 1. The van der Waals surface area contributed by atoms with Gasteiger partial charge in [0.05, 0.1) is 12.8 Å². The Kier molecular flexibility index (Phi) is 9.16. The summed E-state index contributed by atoms with van der Waals surface area (Å²) in [6.45, 7) is 10.5. The van der Waals surface area contributed by atoms with Crippen molar-refractivity contribution < 1.29 is 4.79 Å². The van der Waals surface area contributed by atoms with Crippen LogP contribution in [0, 0.1) is 18.3 Å². The molecular weight excluding hydrogens is 362 g/mol. The lowest BCUT2D eigenvalue weighted by molar-refractivity contribution is -0.122. The number of hydrazone groups is 1. The highest BCUT2D eigenvalue weighted by atomic mass is 16.2. The molecule has 6 nitrogen and oxygen atoms in total. The molecule has 3 N–H and O–H groups in total. The zero-order valence-electron chi connectivity index (χ0n) is 17.2. The second kappa shape index (κ2) is 11.8. The lowest BCUT2D eigenvalue weighted by atomic mass is 9.97. The fourth-order valence-electron chi connectivity index (χ4n) is 3.27. The molecule has 2 aliphatic rings. The van der Waals surface area contributed by atoms with Crippen LogP contribution < -0.4 is 11.2 Å². The highest BCUT2D eigenvalue weighted by molar-refractivity contribution is 5.86. The van der Waals surface area contributed by atoms with Gasteiger partial charge in [0.25, 0.3) is 5.91 Å². The van der Waals surface area contributed by atoms with Gasteiger partial charge in [-0.2, -0.15) is 5.10 Å². The number of nitrogens with one attached hydrogen (secondary N) is 1. The molecule has 0 aromatic rings. The van der Waals surface area contributed by atoms with E-state index in [9.17, 15) is 4.79 Å². The first-order chi connectivity index (χ1) is 14.0. The van der Waals surface area contributed by atoms with Gasteiger partial charge in [-0.25, -0.2) is 5.43 Å². The third-order valence-electron chi connectivity index (χ3n) is 4.86. The number of hydrogen-bond acceptors (Lipinski definition) is 5. The SMILES string of the molecule is C#C/C=C\C(=C/C=C)CN1CCN(CC(=O)N/N=C/C2=CCC(C)C=C2N)CC1. The Bertz CT molecular complexity index is 774. The predicted molar refractivity (Wildman–Crippen MR) is 120 cm³/mol. The van der Waals surface area contributed by atoms with Gasteiger partial charge in [0, 0.05) is 44.0 Å². The predicted octanol–water partition coefficient (Wildman–Crippen LogP) is 1.82. The third-order valence-corrected chi connectivity index (χ3v) is 4.86. The molecular formula is C23H31N5O. The van der Waals surface area contributed by atoms with Gasteiger partial charge in [0.2, 0.25) is 0 Å². The van der Waals surface area contributed by atoms with Gasteiger partial charge in [-0.3, -0.25) is 14.6 Å². The fraction of sp³-hybridized carbons (Fsp3) is 0.391. The second-order valence-corrected chi connectivity index (χ2v) is 7.32. The molecule has 6 heteroatoms. The van der Waals surface area contributed by atoms with Gasteiger partial charge in [-0.05, 0) is 30.1 Å². The molecule has 0 bridgehead atoms. The maximum atomic E-state index is 12.2. The summed E-state index contributed by atoms with van der Waals surface area (Å²) >= 11 is 0. The Labute approximate surface area is 174 Å². The normalized spacial score (nSPS) is 21.7. The van der Waals surface area contributed by atoms with E-state index in [2.05, 4.69) is 39.8 Å². The lowest BCUT2D eigenvalue weighted by Crippen LogP contribution is -2.49. The van der Waals surface area contributed by atoms with Crippen LogP contribution in [0.1, 0.15) is 13.3 Å². The first-order valence-electron chi connectivity index (χ1n) is 9.90. The van der Waals surface area contributed by atoms with Gasteiger partial charge in [-0.15, -0.1) is 6.42 Å². The highest BCUT2D eigenvalue weighted by Gasteiger charge is 2.19. The van der Waals surface area contributed by atoms with Gasteiger partial charge in [0.1, 0.15) is 0 Å². The molecule has 29 heavy (non-hydrogen) atoms. The van der Waals surface area contributed by atoms with Crippen LogP contribution >= 0.6 is 0 Å². The topological polar surface area (TPSA) is 74.0 Å². The van der Waals surface area contributed by atoms with Gasteiger partial charge in [0.15, 0.2) is 0 Å². The van der Waals surface area contributed by atoms with E-state index in [4.69, 9.17) is 12.2 Å². The monoisotopic (exact) mass is 393 g/mol. The molecule has 0 aromatic heterocycles. The van der Waals surface area contributed by atoms with Crippen LogP contribution in [0.25, 0.3) is 0 Å². The van der Waals surface area contributed by atoms with E-state index in [0.29, 0.717) is 18.2 Å². The smallest absolute Gasteiger partial charge is 0.254 e. The Morgan fingerprint density at radius 2 is 2.07 bits per heavy atom. The molecule has 0 spiro atoms. The van der Waals surface area contributed by atoms with Crippen LogP contribution in [0.15, 0.2) is 65.0 Å². The van der Waals surface area contributed by atoms with E-state index in [-0.39, 0.29) is 5.91 Å². The molecule has 1 aliphatic heterocycles. The van der Waals surface area contributed by atoms with E-state index in [0.717, 1.165) is 50.3 Å². The average molecular weight is 394 g/mol. The van der Waals surface area contributed by atoms with E-state index in [1.807, 2.05) is 24.3 Å². The summed E-state index contributed by atoms with van der Waals surface area (Å²) in [5.74, 6) is 2.84. The number of carbonyl (C=O) groups excluding carboxylic acids is 1. The minimum Gasteiger partial charge on any atom is -0.398 e. The van der Waals surface area contributed by atoms with E-state index < -0.39 is 0 Å². The minimum atomic E-state index is -0.119. The minimum absolute atomic E-state index is 0.119. The average Bonchev–Trinajstić information content (AvgIpc) is 2.69. The molecule has 1 aliphatic carbocycles. The van der Waals surface area contributed by atoms with Crippen molar-refractivity contribution in [1.29, 1.82) is 0 Å². The summed E-state index contributed by atoms with van der Waals surface area (Å²) in [7, 11) is 0. The van der Waals surface area contributed by atoms with Crippen molar-refractivity contribution in [1.82, 2.24) is 15.2 Å². The highest BCUT2D eigenvalue weighted by Crippen LogP contribution is 2.17. The number of rotatable bonds is 8. The summed E-state index contributed by atoms with van der Waals surface area (Å²) in [6, 6.07) is 0. The molecule has 1 fully saturated rings. The number of allylic oxidation sites excluding steroid dienone is 6.